The molecule has 1 amide bonds. The number of halogens is 2. The van der Waals surface area contributed by atoms with E-state index in [1.165, 1.54) is 51.1 Å². The second kappa shape index (κ2) is 16.6. The highest BCUT2D eigenvalue weighted by Crippen LogP contribution is 2.35. The number of nitrogens with one attached hydrogen (secondary N) is 1. The van der Waals surface area contributed by atoms with Gasteiger partial charge < -0.3 is 29.2 Å². The van der Waals surface area contributed by atoms with Gasteiger partial charge in [0.25, 0.3) is 15.9 Å². The fourth-order valence-electron chi connectivity index (χ4n) is 6.84. The Morgan fingerprint density at radius 2 is 1.48 bits per heavy atom. The van der Waals surface area contributed by atoms with E-state index in [2.05, 4.69) is 10.3 Å². The maximum atomic E-state index is 14.5. The number of hydrogen-bond acceptors (Lipinski definition) is 10. The number of sulfonamides is 1. The minimum Gasteiger partial charge on any atom is -0.497 e. The summed E-state index contributed by atoms with van der Waals surface area (Å²) in [5, 5.41) is 2.54. The number of rotatable bonds is 13. The van der Waals surface area contributed by atoms with Gasteiger partial charge in [-0.05, 0) is 61.9 Å². The van der Waals surface area contributed by atoms with Gasteiger partial charge in [0.2, 0.25) is 5.92 Å². The van der Waals surface area contributed by atoms with Crippen molar-refractivity contribution in [3.63, 3.8) is 0 Å². The van der Waals surface area contributed by atoms with Crippen LogP contribution in [-0.4, -0.2) is 76.0 Å². The molecule has 1 aliphatic carbocycles. The molecule has 12 nitrogen and oxygen atoms in total. The van der Waals surface area contributed by atoms with E-state index in [-0.39, 0.29) is 55.2 Å². The molecule has 1 aliphatic heterocycles. The van der Waals surface area contributed by atoms with E-state index in [0.29, 0.717) is 46.5 Å². The first kappa shape index (κ1) is 38.7. The molecule has 1 N–H and O–H groups in total. The Bertz CT molecular complexity index is 2040. The molecule has 0 saturated carbocycles. The van der Waals surface area contributed by atoms with E-state index in [1.807, 2.05) is 0 Å². The third-order valence-corrected chi connectivity index (χ3v) is 11.5. The molecule has 3 heterocycles. The number of benzene rings is 2. The number of hydrogen-bond donors (Lipinski definition) is 1. The van der Waals surface area contributed by atoms with E-state index < -0.39 is 21.9 Å². The first-order valence-electron chi connectivity index (χ1n) is 17.8. The fourth-order valence-corrected chi connectivity index (χ4v) is 8.19. The molecule has 15 heteroatoms. The second-order valence-corrected chi connectivity index (χ2v) is 15.2. The largest absolute Gasteiger partial charge is 0.497 e. The number of pyridine rings is 2. The zero-order chi connectivity index (χ0) is 38.5. The number of fused-ring (bicyclic) bond motifs is 1. The molecule has 0 atom stereocenters. The third kappa shape index (κ3) is 8.68. The van der Waals surface area contributed by atoms with E-state index in [4.69, 9.17) is 23.9 Å². The van der Waals surface area contributed by atoms with Crippen LogP contribution in [0.25, 0.3) is 0 Å². The zero-order valence-corrected chi connectivity index (χ0v) is 31.7. The van der Waals surface area contributed by atoms with Gasteiger partial charge in [0.15, 0.2) is 5.03 Å². The number of carbonyl (C=O) groups excluding carboxylic acids is 1. The number of alkyl halides is 2. The van der Waals surface area contributed by atoms with Gasteiger partial charge in [-0.15, -0.1) is 0 Å². The smallest absolute Gasteiger partial charge is 0.261 e. The molecule has 1 saturated heterocycles. The Morgan fingerprint density at radius 3 is 2.11 bits per heavy atom. The van der Waals surface area contributed by atoms with Crippen LogP contribution in [-0.2, 0) is 36.0 Å². The Balaban J connectivity index is 1.33. The number of carbonyl (C=O) groups is 1. The lowest BCUT2D eigenvalue weighted by Crippen LogP contribution is -2.31. The normalized spacial score (nSPS) is 15.6. The van der Waals surface area contributed by atoms with Crippen LogP contribution in [0.15, 0.2) is 65.8 Å². The number of nitrogens with zero attached hydrogens (tertiary/aromatic N) is 4. The van der Waals surface area contributed by atoms with Gasteiger partial charge in [-0.2, -0.15) is 4.31 Å². The minimum atomic E-state index is -4.35. The molecule has 0 spiro atoms. The summed E-state index contributed by atoms with van der Waals surface area (Å²) >= 11 is 0. The Morgan fingerprint density at radius 1 is 0.833 bits per heavy atom. The third-order valence-electron chi connectivity index (χ3n) is 9.82. The second-order valence-electron chi connectivity index (χ2n) is 13.3. The highest BCUT2D eigenvalue weighted by atomic mass is 32.2. The predicted molar refractivity (Wildman–Crippen MR) is 200 cm³/mol. The molecule has 2 aliphatic rings. The average molecular weight is 766 g/mol. The molecule has 6 rings (SSSR count). The number of aromatic nitrogens is 2. The molecular formula is C39H45F2N5O7S. The van der Waals surface area contributed by atoms with E-state index in [9.17, 15) is 22.0 Å². The van der Waals surface area contributed by atoms with Crippen LogP contribution in [0.5, 0.6) is 23.0 Å². The average Bonchev–Trinajstić information content (AvgIpc) is 3.37. The SMILES string of the molecule is COc1ccc(CN(Cc2ccc(OC)cc2OC)S(=O)(=O)c2cc(NC(=O)c3cc4c(nc3N3CCCC(F)(F)CC3)CCCC4)ccn2)c(OC)c1. The van der Waals surface area contributed by atoms with Crippen molar-refractivity contribution >= 4 is 27.4 Å². The van der Waals surface area contributed by atoms with Gasteiger partial charge in [0.1, 0.15) is 28.8 Å². The standard InChI is InChI=1S/C39H45F2N5O7S/c1-50-30-12-10-27(34(22-30)52-3)24-46(25-28-11-13-31(51-2)23-35(28)53-4)54(48,49)36-21-29(14-17-42-36)43-38(47)32-20-26-8-5-6-9-33(26)44-37(32)45-18-7-15-39(40,41)16-19-45/h10-14,17,20-23H,5-9,15-16,18-19,24-25H2,1-4H3,(H,42,43,47). The van der Waals surface area contributed by atoms with Crippen LogP contribution >= 0.6 is 0 Å². The van der Waals surface area contributed by atoms with Crippen LogP contribution < -0.4 is 29.2 Å². The highest BCUT2D eigenvalue weighted by molar-refractivity contribution is 7.89. The number of aryl methyl sites for hydroxylation is 2. The van der Waals surface area contributed by atoms with Crippen LogP contribution in [0.4, 0.5) is 20.3 Å². The first-order valence-corrected chi connectivity index (χ1v) is 19.2. The summed E-state index contributed by atoms with van der Waals surface area (Å²) in [6, 6.07) is 14.8. The van der Waals surface area contributed by atoms with Gasteiger partial charge in [0.05, 0.1) is 34.0 Å². The summed E-state index contributed by atoms with van der Waals surface area (Å²) in [5.74, 6) is -1.02. The summed E-state index contributed by atoms with van der Waals surface area (Å²) in [5.41, 5.74) is 3.40. The van der Waals surface area contributed by atoms with Crippen molar-refractivity contribution in [3.8, 4) is 23.0 Å². The minimum absolute atomic E-state index is 0.0600. The molecule has 0 unspecified atom stereocenters. The quantitative estimate of drug-likeness (QED) is 0.158. The maximum absolute atomic E-state index is 14.5. The number of methoxy groups -OCH3 is 4. The van der Waals surface area contributed by atoms with Crippen molar-refractivity contribution in [2.24, 2.45) is 0 Å². The molecule has 2 aromatic heterocycles. The molecule has 4 aromatic rings. The summed E-state index contributed by atoms with van der Waals surface area (Å²) in [4.78, 5) is 24.9. The Kier molecular flexibility index (Phi) is 11.9. The molecule has 288 valence electrons. The van der Waals surface area contributed by atoms with Crippen LogP contribution in [0, 0.1) is 0 Å². The number of anilines is 2. The van der Waals surface area contributed by atoms with Crippen molar-refractivity contribution in [1.29, 1.82) is 0 Å². The highest BCUT2D eigenvalue weighted by Gasteiger charge is 2.34. The van der Waals surface area contributed by atoms with Crippen LogP contribution in [0.3, 0.4) is 0 Å². The molecule has 0 radical (unpaired) electrons. The summed E-state index contributed by atoms with van der Waals surface area (Å²) in [6.45, 7) is 0.182. The Hall–Kier alpha value is -5.02. The van der Waals surface area contributed by atoms with Crippen molar-refractivity contribution < 1.29 is 40.9 Å². The summed E-state index contributed by atoms with van der Waals surface area (Å²) in [6.07, 6.45) is 4.44. The van der Waals surface area contributed by atoms with Gasteiger partial charge in [0, 0.05) is 85.9 Å². The van der Waals surface area contributed by atoms with Crippen LogP contribution in [0.1, 0.15) is 64.8 Å². The molecule has 2 aromatic carbocycles. The zero-order valence-electron chi connectivity index (χ0n) is 30.9. The van der Waals surface area contributed by atoms with E-state index in [1.54, 1.807) is 47.4 Å². The maximum Gasteiger partial charge on any atom is 0.261 e. The monoisotopic (exact) mass is 765 g/mol. The predicted octanol–water partition coefficient (Wildman–Crippen LogP) is 6.66. The molecule has 54 heavy (non-hydrogen) atoms. The van der Waals surface area contributed by atoms with Gasteiger partial charge in [-0.25, -0.2) is 27.2 Å². The van der Waals surface area contributed by atoms with Crippen molar-refractivity contribution in [2.75, 3.05) is 51.7 Å². The number of amides is 1. The van der Waals surface area contributed by atoms with E-state index >= 15 is 0 Å². The lowest BCUT2D eigenvalue weighted by Gasteiger charge is -2.27. The number of ether oxygens (including phenoxy) is 4. The van der Waals surface area contributed by atoms with Crippen LogP contribution in [0.2, 0.25) is 0 Å². The topological polar surface area (TPSA) is 132 Å². The lowest BCUT2D eigenvalue weighted by atomic mass is 9.94. The van der Waals surface area contributed by atoms with E-state index in [0.717, 1.165) is 36.9 Å². The fraction of sp³-hybridized carbons (Fsp3) is 0.410. The summed E-state index contributed by atoms with van der Waals surface area (Å²) < 4.78 is 80.9. The van der Waals surface area contributed by atoms with Crippen molar-refractivity contribution in [2.45, 2.75) is 69.0 Å². The lowest BCUT2D eigenvalue weighted by molar-refractivity contribution is -0.0102. The molecule has 0 bridgehead atoms. The molecule has 1 fully saturated rings. The van der Waals surface area contributed by atoms with Gasteiger partial charge in [-0.3, -0.25) is 4.79 Å². The van der Waals surface area contributed by atoms with Crippen molar-refractivity contribution in [1.82, 2.24) is 14.3 Å². The Labute approximate surface area is 314 Å². The summed E-state index contributed by atoms with van der Waals surface area (Å²) in [7, 11) is 1.68. The first-order chi connectivity index (χ1) is 25.9. The molecular weight excluding hydrogens is 721 g/mol. The van der Waals surface area contributed by atoms with Gasteiger partial charge in [-0.1, -0.05) is 12.1 Å². The van der Waals surface area contributed by atoms with Gasteiger partial charge >= 0.3 is 0 Å². The van der Waals surface area contributed by atoms with Crippen molar-refractivity contribution in [3.05, 3.63) is 88.7 Å².